The maximum atomic E-state index is 9.98. The zero-order chi connectivity index (χ0) is 14.5. The predicted molar refractivity (Wildman–Crippen MR) is 79.7 cm³/mol. The quantitative estimate of drug-likeness (QED) is 0.878. The molecule has 2 aromatic rings. The zero-order valence-corrected chi connectivity index (χ0v) is 11.8. The van der Waals surface area contributed by atoms with Gasteiger partial charge in [0.05, 0.1) is 6.10 Å². The van der Waals surface area contributed by atoms with Crippen molar-refractivity contribution in [2.75, 3.05) is 11.4 Å². The van der Waals surface area contributed by atoms with Crippen LogP contribution in [0, 0.1) is 0 Å². The van der Waals surface area contributed by atoms with Crippen LogP contribution in [-0.2, 0) is 6.54 Å². The van der Waals surface area contributed by atoms with Crippen LogP contribution in [0.5, 0.6) is 5.75 Å². The number of hydrogen-bond acceptors (Lipinski definition) is 4. The fourth-order valence-electron chi connectivity index (χ4n) is 2.18. The summed E-state index contributed by atoms with van der Waals surface area (Å²) in [7, 11) is 0. The molecule has 1 heterocycles. The summed E-state index contributed by atoms with van der Waals surface area (Å²) in [6.07, 6.45) is 2.88. The largest absolute Gasteiger partial charge is 0.507 e. The van der Waals surface area contributed by atoms with Crippen molar-refractivity contribution in [2.24, 2.45) is 0 Å². The molecule has 0 aliphatic carbocycles. The monoisotopic (exact) mass is 272 g/mol. The van der Waals surface area contributed by atoms with E-state index in [1.54, 1.807) is 31.5 Å². The van der Waals surface area contributed by atoms with Crippen molar-refractivity contribution in [1.29, 1.82) is 0 Å². The summed E-state index contributed by atoms with van der Waals surface area (Å²) in [5.74, 6) is 0.130. The summed E-state index contributed by atoms with van der Waals surface area (Å²) in [6, 6.07) is 9.35. The van der Waals surface area contributed by atoms with E-state index in [2.05, 4.69) is 16.8 Å². The number of nitrogens with zero attached hydrogens (tertiary/aromatic N) is 2. The van der Waals surface area contributed by atoms with Crippen LogP contribution in [0.15, 0.2) is 42.7 Å². The van der Waals surface area contributed by atoms with E-state index < -0.39 is 6.10 Å². The van der Waals surface area contributed by atoms with Gasteiger partial charge >= 0.3 is 0 Å². The third kappa shape index (κ3) is 3.27. The van der Waals surface area contributed by atoms with Crippen LogP contribution in [0.1, 0.15) is 31.1 Å². The van der Waals surface area contributed by atoms with Gasteiger partial charge in [-0.2, -0.15) is 0 Å². The van der Waals surface area contributed by atoms with Crippen molar-refractivity contribution in [1.82, 2.24) is 4.98 Å². The highest BCUT2D eigenvalue weighted by Gasteiger charge is 2.11. The SMILES string of the molecule is CCN(Cc1ccncc1)c1ccc(C(C)O)c(O)c1. The second kappa shape index (κ2) is 6.39. The molecular formula is C16H20N2O2. The minimum absolute atomic E-state index is 0.130. The van der Waals surface area contributed by atoms with Crippen molar-refractivity contribution in [3.8, 4) is 5.75 Å². The van der Waals surface area contributed by atoms with Crippen LogP contribution < -0.4 is 4.90 Å². The molecule has 2 rings (SSSR count). The highest BCUT2D eigenvalue weighted by atomic mass is 16.3. The minimum Gasteiger partial charge on any atom is -0.507 e. The van der Waals surface area contributed by atoms with Crippen LogP contribution >= 0.6 is 0 Å². The molecule has 0 fully saturated rings. The van der Waals surface area contributed by atoms with Crippen molar-refractivity contribution < 1.29 is 10.2 Å². The molecule has 1 aromatic carbocycles. The normalized spacial score (nSPS) is 12.2. The van der Waals surface area contributed by atoms with E-state index in [0.717, 1.165) is 18.8 Å². The summed E-state index contributed by atoms with van der Waals surface area (Å²) in [5, 5.41) is 19.5. The third-order valence-electron chi connectivity index (χ3n) is 3.33. The Bertz CT molecular complexity index is 556. The molecular weight excluding hydrogens is 252 g/mol. The van der Waals surface area contributed by atoms with Crippen LogP contribution in [0.2, 0.25) is 0 Å². The van der Waals surface area contributed by atoms with E-state index in [1.165, 1.54) is 5.56 Å². The Labute approximate surface area is 119 Å². The maximum absolute atomic E-state index is 9.98. The van der Waals surface area contributed by atoms with Gasteiger partial charge in [-0.25, -0.2) is 0 Å². The van der Waals surface area contributed by atoms with Crippen molar-refractivity contribution >= 4 is 5.69 Å². The Morgan fingerprint density at radius 3 is 2.45 bits per heavy atom. The minimum atomic E-state index is -0.667. The van der Waals surface area contributed by atoms with E-state index in [1.807, 2.05) is 18.2 Å². The fraction of sp³-hybridized carbons (Fsp3) is 0.312. The average molecular weight is 272 g/mol. The number of rotatable bonds is 5. The Balaban J connectivity index is 2.22. The lowest BCUT2D eigenvalue weighted by Crippen LogP contribution is -2.22. The first kappa shape index (κ1) is 14.3. The van der Waals surface area contributed by atoms with E-state index in [9.17, 15) is 10.2 Å². The standard InChI is InChI=1S/C16H20N2O2/c1-3-18(11-13-6-8-17-9-7-13)14-4-5-15(12(2)19)16(20)10-14/h4-10,12,19-20H,3,11H2,1-2H3. The molecule has 0 bridgehead atoms. The molecule has 1 aromatic heterocycles. The molecule has 0 saturated carbocycles. The molecule has 0 aliphatic rings. The third-order valence-corrected chi connectivity index (χ3v) is 3.33. The number of benzene rings is 1. The smallest absolute Gasteiger partial charge is 0.123 e. The van der Waals surface area contributed by atoms with E-state index in [-0.39, 0.29) is 5.75 Å². The summed E-state index contributed by atoms with van der Waals surface area (Å²) < 4.78 is 0. The number of pyridine rings is 1. The first-order chi connectivity index (χ1) is 9.61. The number of phenols is 1. The van der Waals surface area contributed by atoms with Gasteiger partial charge in [0, 0.05) is 42.8 Å². The Morgan fingerprint density at radius 1 is 1.20 bits per heavy atom. The number of aliphatic hydroxyl groups is 1. The van der Waals surface area contributed by atoms with Crippen LogP contribution in [-0.4, -0.2) is 21.7 Å². The Morgan fingerprint density at radius 2 is 1.90 bits per heavy atom. The molecule has 1 unspecified atom stereocenters. The molecule has 106 valence electrons. The lowest BCUT2D eigenvalue weighted by atomic mass is 10.1. The number of anilines is 1. The van der Waals surface area contributed by atoms with Crippen molar-refractivity contribution in [3.05, 3.63) is 53.9 Å². The van der Waals surface area contributed by atoms with Gasteiger partial charge in [0.25, 0.3) is 0 Å². The molecule has 0 saturated heterocycles. The van der Waals surface area contributed by atoms with Gasteiger partial charge in [-0.3, -0.25) is 4.98 Å². The molecule has 4 heteroatoms. The molecule has 0 spiro atoms. The van der Waals surface area contributed by atoms with Crippen molar-refractivity contribution in [2.45, 2.75) is 26.5 Å². The van der Waals surface area contributed by atoms with Gasteiger partial charge < -0.3 is 15.1 Å². The van der Waals surface area contributed by atoms with Gasteiger partial charge in [-0.15, -0.1) is 0 Å². The topological polar surface area (TPSA) is 56.6 Å². The summed E-state index contributed by atoms with van der Waals surface area (Å²) in [5.41, 5.74) is 2.65. The molecule has 1 atom stereocenters. The summed E-state index contributed by atoms with van der Waals surface area (Å²) in [4.78, 5) is 6.16. The highest BCUT2D eigenvalue weighted by Crippen LogP contribution is 2.29. The number of hydrogen-bond donors (Lipinski definition) is 2. The number of phenolic OH excluding ortho intramolecular Hbond substituents is 1. The van der Waals surface area contributed by atoms with Gasteiger partial charge in [-0.1, -0.05) is 6.07 Å². The van der Waals surface area contributed by atoms with Gasteiger partial charge in [0.15, 0.2) is 0 Å². The van der Waals surface area contributed by atoms with Crippen LogP contribution in [0.25, 0.3) is 0 Å². The summed E-state index contributed by atoms with van der Waals surface area (Å²) >= 11 is 0. The van der Waals surface area contributed by atoms with E-state index in [0.29, 0.717) is 5.56 Å². The molecule has 0 amide bonds. The molecule has 0 aliphatic heterocycles. The molecule has 0 radical (unpaired) electrons. The van der Waals surface area contributed by atoms with E-state index in [4.69, 9.17) is 0 Å². The number of aromatic hydroxyl groups is 1. The second-order valence-electron chi connectivity index (χ2n) is 4.79. The number of aliphatic hydroxyl groups excluding tert-OH is 1. The summed E-state index contributed by atoms with van der Waals surface area (Å²) in [6.45, 7) is 5.30. The van der Waals surface area contributed by atoms with Crippen LogP contribution in [0.3, 0.4) is 0 Å². The number of aromatic nitrogens is 1. The molecule has 4 nitrogen and oxygen atoms in total. The highest BCUT2D eigenvalue weighted by molar-refractivity contribution is 5.54. The Hall–Kier alpha value is -2.07. The van der Waals surface area contributed by atoms with Gasteiger partial charge in [0.1, 0.15) is 5.75 Å². The molecule has 2 N–H and O–H groups in total. The average Bonchev–Trinajstić information content (AvgIpc) is 2.45. The fourth-order valence-corrected chi connectivity index (χ4v) is 2.18. The first-order valence-electron chi connectivity index (χ1n) is 6.76. The van der Waals surface area contributed by atoms with Gasteiger partial charge in [0.2, 0.25) is 0 Å². The van der Waals surface area contributed by atoms with Gasteiger partial charge in [-0.05, 0) is 37.6 Å². The van der Waals surface area contributed by atoms with Crippen molar-refractivity contribution in [3.63, 3.8) is 0 Å². The van der Waals surface area contributed by atoms with Crippen LogP contribution in [0.4, 0.5) is 5.69 Å². The maximum Gasteiger partial charge on any atom is 0.123 e. The first-order valence-corrected chi connectivity index (χ1v) is 6.76. The second-order valence-corrected chi connectivity index (χ2v) is 4.79. The van der Waals surface area contributed by atoms with E-state index >= 15 is 0 Å². The lowest BCUT2D eigenvalue weighted by molar-refractivity contribution is 0.195. The lowest BCUT2D eigenvalue weighted by Gasteiger charge is -2.24. The predicted octanol–water partition coefficient (Wildman–Crippen LogP) is 2.87. The molecule has 20 heavy (non-hydrogen) atoms. The Kier molecular flexibility index (Phi) is 4.58. The zero-order valence-electron chi connectivity index (χ0n) is 11.8.